The van der Waals surface area contributed by atoms with Crippen LogP contribution in [0.5, 0.6) is 0 Å². The maximum atomic E-state index is 11.9. The van der Waals surface area contributed by atoms with Crippen LogP contribution >= 0.6 is 0 Å². The first-order valence-corrected chi connectivity index (χ1v) is 9.19. The van der Waals surface area contributed by atoms with Crippen molar-refractivity contribution in [3.63, 3.8) is 0 Å². The standard InChI is InChI=1S/C19H26N6O2/c26-19(23-7-6-22-18-14-20-4-5-21-18)24-13-16-2-1-3-17(12-16)15-25-8-10-27-11-9-25/h1-5,12,14H,6-11,13,15H2,(H,21,22)(H2,23,24,26). The van der Waals surface area contributed by atoms with Crippen molar-refractivity contribution >= 4 is 11.8 Å². The van der Waals surface area contributed by atoms with Crippen LogP contribution in [-0.2, 0) is 17.8 Å². The van der Waals surface area contributed by atoms with Crippen LogP contribution in [0.25, 0.3) is 0 Å². The zero-order valence-electron chi connectivity index (χ0n) is 15.4. The van der Waals surface area contributed by atoms with Crippen molar-refractivity contribution in [1.82, 2.24) is 25.5 Å². The van der Waals surface area contributed by atoms with Crippen LogP contribution in [-0.4, -0.2) is 60.3 Å². The van der Waals surface area contributed by atoms with Gasteiger partial charge in [-0.05, 0) is 11.1 Å². The molecule has 2 heterocycles. The third-order valence-electron chi connectivity index (χ3n) is 4.23. The van der Waals surface area contributed by atoms with Gasteiger partial charge in [0.15, 0.2) is 0 Å². The molecule has 2 aromatic rings. The van der Waals surface area contributed by atoms with Crippen molar-refractivity contribution < 1.29 is 9.53 Å². The SMILES string of the molecule is O=C(NCCNc1cnccn1)NCc1cccc(CN2CCOCC2)c1. The molecule has 0 bridgehead atoms. The van der Waals surface area contributed by atoms with Crippen molar-refractivity contribution in [3.8, 4) is 0 Å². The lowest BCUT2D eigenvalue weighted by molar-refractivity contribution is 0.0342. The monoisotopic (exact) mass is 370 g/mol. The number of benzene rings is 1. The molecule has 0 atom stereocenters. The molecule has 1 fully saturated rings. The molecule has 1 saturated heterocycles. The van der Waals surface area contributed by atoms with Gasteiger partial charge in [-0.2, -0.15) is 0 Å². The molecule has 3 rings (SSSR count). The van der Waals surface area contributed by atoms with Crippen molar-refractivity contribution in [3.05, 3.63) is 54.0 Å². The lowest BCUT2D eigenvalue weighted by atomic mass is 10.1. The average molecular weight is 370 g/mol. The maximum absolute atomic E-state index is 11.9. The summed E-state index contributed by atoms with van der Waals surface area (Å²) in [5.41, 5.74) is 2.35. The Morgan fingerprint density at radius 3 is 2.78 bits per heavy atom. The van der Waals surface area contributed by atoms with E-state index in [1.807, 2.05) is 12.1 Å². The van der Waals surface area contributed by atoms with Gasteiger partial charge >= 0.3 is 6.03 Å². The number of anilines is 1. The van der Waals surface area contributed by atoms with E-state index in [0.29, 0.717) is 25.5 Å². The minimum absolute atomic E-state index is 0.186. The molecule has 1 aliphatic rings. The maximum Gasteiger partial charge on any atom is 0.315 e. The number of nitrogens with zero attached hydrogens (tertiary/aromatic N) is 3. The first-order valence-electron chi connectivity index (χ1n) is 9.19. The third kappa shape index (κ3) is 6.84. The molecule has 3 N–H and O–H groups in total. The quantitative estimate of drug-likeness (QED) is 0.605. The van der Waals surface area contributed by atoms with Gasteiger partial charge in [0.05, 0.1) is 19.4 Å². The Bertz CT molecular complexity index is 706. The lowest BCUT2D eigenvalue weighted by Gasteiger charge is -2.26. The molecule has 0 radical (unpaired) electrons. The number of urea groups is 1. The van der Waals surface area contributed by atoms with E-state index in [-0.39, 0.29) is 6.03 Å². The summed E-state index contributed by atoms with van der Waals surface area (Å²) in [5, 5.41) is 8.80. The Balaban J connectivity index is 1.35. The number of rotatable bonds is 8. The summed E-state index contributed by atoms with van der Waals surface area (Å²) in [7, 11) is 0. The van der Waals surface area contributed by atoms with Crippen molar-refractivity contribution in [2.24, 2.45) is 0 Å². The lowest BCUT2D eigenvalue weighted by Crippen LogP contribution is -2.37. The predicted molar refractivity (Wildman–Crippen MR) is 103 cm³/mol. The Morgan fingerprint density at radius 1 is 1.11 bits per heavy atom. The predicted octanol–water partition coefficient (Wildman–Crippen LogP) is 1.22. The zero-order valence-corrected chi connectivity index (χ0v) is 15.4. The van der Waals surface area contributed by atoms with E-state index in [1.54, 1.807) is 18.6 Å². The molecule has 1 aromatic heterocycles. The minimum atomic E-state index is -0.186. The van der Waals surface area contributed by atoms with Crippen LogP contribution in [0.3, 0.4) is 0 Å². The molecule has 144 valence electrons. The molecule has 27 heavy (non-hydrogen) atoms. The number of carbonyl (C=O) groups excluding carboxylic acids is 1. The molecule has 1 aliphatic heterocycles. The number of aromatic nitrogens is 2. The van der Waals surface area contributed by atoms with Crippen LogP contribution < -0.4 is 16.0 Å². The summed E-state index contributed by atoms with van der Waals surface area (Å²) in [6.07, 6.45) is 4.88. The molecule has 1 aromatic carbocycles. The van der Waals surface area contributed by atoms with Crippen LogP contribution in [0.4, 0.5) is 10.6 Å². The highest BCUT2D eigenvalue weighted by atomic mass is 16.5. The summed E-state index contributed by atoms with van der Waals surface area (Å²) in [6.45, 7) is 6.03. The molecule has 0 saturated carbocycles. The van der Waals surface area contributed by atoms with Crippen LogP contribution in [0, 0.1) is 0 Å². The molecular formula is C19H26N6O2. The van der Waals surface area contributed by atoms with Gasteiger partial charge < -0.3 is 20.7 Å². The van der Waals surface area contributed by atoms with E-state index >= 15 is 0 Å². The molecule has 8 nitrogen and oxygen atoms in total. The topological polar surface area (TPSA) is 91.4 Å². The second kappa shape index (κ2) is 10.4. The smallest absolute Gasteiger partial charge is 0.315 e. The molecule has 0 aliphatic carbocycles. The van der Waals surface area contributed by atoms with Gasteiger partial charge in [0.1, 0.15) is 5.82 Å². The third-order valence-corrected chi connectivity index (χ3v) is 4.23. The largest absolute Gasteiger partial charge is 0.379 e. The molecule has 0 unspecified atom stereocenters. The van der Waals surface area contributed by atoms with Crippen molar-refractivity contribution in [2.75, 3.05) is 44.7 Å². The number of carbonyl (C=O) groups is 1. The zero-order chi connectivity index (χ0) is 18.7. The summed E-state index contributed by atoms with van der Waals surface area (Å²) in [5.74, 6) is 0.691. The van der Waals surface area contributed by atoms with E-state index in [2.05, 4.69) is 43.0 Å². The average Bonchev–Trinajstić information content (AvgIpc) is 2.71. The number of morpholine rings is 1. The van der Waals surface area contributed by atoms with Crippen LogP contribution in [0.2, 0.25) is 0 Å². The highest BCUT2D eigenvalue weighted by Crippen LogP contribution is 2.10. The van der Waals surface area contributed by atoms with E-state index in [9.17, 15) is 4.79 Å². The number of amides is 2. The van der Waals surface area contributed by atoms with Gasteiger partial charge in [-0.15, -0.1) is 0 Å². The van der Waals surface area contributed by atoms with E-state index in [1.165, 1.54) is 5.56 Å². The molecular weight excluding hydrogens is 344 g/mol. The van der Waals surface area contributed by atoms with Gasteiger partial charge in [-0.1, -0.05) is 24.3 Å². The number of nitrogens with one attached hydrogen (secondary N) is 3. The fourth-order valence-electron chi connectivity index (χ4n) is 2.86. The highest BCUT2D eigenvalue weighted by Gasteiger charge is 2.10. The molecule has 2 amide bonds. The van der Waals surface area contributed by atoms with Crippen molar-refractivity contribution in [2.45, 2.75) is 13.1 Å². The van der Waals surface area contributed by atoms with E-state index in [4.69, 9.17) is 4.74 Å². The van der Waals surface area contributed by atoms with Gasteiger partial charge in [-0.3, -0.25) is 9.88 Å². The first kappa shape index (κ1) is 19.1. The summed E-state index contributed by atoms with van der Waals surface area (Å²) >= 11 is 0. The number of hydrogen-bond acceptors (Lipinski definition) is 6. The Labute approximate surface area is 159 Å². The Hall–Kier alpha value is -2.71. The second-order valence-electron chi connectivity index (χ2n) is 6.34. The number of ether oxygens (including phenoxy) is 1. The van der Waals surface area contributed by atoms with Crippen LogP contribution in [0.1, 0.15) is 11.1 Å². The van der Waals surface area contributed by atoms with Gasteiger partial charge in [0.2, 0.25) is 0 Å². The summed E-state index contributed by atoms with van der Waals surface area (Å²) in [4.78, 5) is 22.4. The molecule has 8 heteroatoms. The van der Waals surface area contributed by atoms with Crippen LogP contribution in [0.15, 0.2) is 42.9 Å². The summed E-state index contributed by atoms with van der Waals surface area (Å²) < 4.78 is 5.38. The Kier molecular flexibility index (Phi) is 7.37. The first-order chi connectivity index (χ1) is 13.3. The van der Waals surface area contributed by atoms with E-state index < -0.39 is 0 Å². The second-order valence-corrected chi connectivity index (χ2v) is 6.34. The van der Waals surface area contributed by atoms with Gasteiger partial charge in [-0.25, -0.2) is 9.78 Å². The normalized spacial score (nSPS) is 14.5. The van der Waals surface area contributed by atoms with Crippen molar-refractivity contribution in [1.29, 1.82) is 0 Å². The molecule has 0 spiro atoms. The summed E-state index contributed by atoms with van der Waals surface area (Å²) in [6, 6.07) is 8.14. The fourth-order valence-corrected chi connectivity index (χ4v) is 2.86. The highest BCUT2D eigenvalue weighted by molar-refractivity contribution is 5.73. The van der Waals surface area contributed by atoms with E-state index in [0.717, 1.165) is 38.4 Å². The minimum Gasteiger partial charge on any atom is -0.379 e. The van der Waals surface area contributed by atoms with Gasteiger partial charge in [0, 0.05) is 51.7 Å². The fraction of sp³-hybridized carbons (Fsp3) is 0.421. The Morgan fingerprint density at radius 2 is 1.96 bits per heavy atom. The number of hydrogen-bond donors (Lipinski definition) is 3. The van der Waals surface area contributed by atoms with Gasteiger partial charge in [0.25, 0.3) is 0 Å².